The predicted octanol–water partition coefficient (Wildman–Crippen LogP) is 3.42. The van der Waals surface area contributed by atoms with Crippen LogP contribution in [0.3, 0.4) is 0 Å². The lowest BCUT2D eigenvalue weighted by molar-refractivity contribution is -0.120. The van der Waals surface area contributed by atoms with Crippen molar-refractivity contribution in [2.24, 2.45) is 0 Å². The van der Waals surface area contributed by atoms with Gasteiger partial charge in [0.05, 0.1) is 12.1 Å². The molecule has 0 spiro atoms. The first-order chi connectivity index (χ1) is 13.6. The Morgan fingerprint density at radius 1 is 1.18 bits per heavy atom. The van der Waals surface area contributed by atoms with Crippen LogP contribution in [-0.2, 0) is 17.6 Å². The smallest absolute Gasteiger partial charge is 0.231 e. The third-order valence-corrected chi connectivity index (χ3v) is 4.47. The second-order valence-electron chi connectivity index (χ2n) is 6.50. The van der Waals surface area contributed by atoms with Gasteiger partial charge in [0, 0.05) is 12.1 Å². The number of ether oxygens (including phenoxy) is 2. The number of amides is 1. The number of fused-ring (bicyclic) bond motifs is 1. The highest BCUT2D eigenvalue weighted by atomic mass is 19.1. The molecule has 1 aliphatic heterocycles. The van der Waals surface area contributed by atoms with Gasteiger partial charge in [0.25, 0.3) is 0 Å². The summed E-state index contributed by atoms with van der Waals surface area (Å²) in [4.78, 5) is 16.6. The number of nitrogens with zero attached hydrogens (tertiary/aromatic N) is 1. The molecule has 1 aromatic heterocycles. The van der Waals surface area contributed by atoms with E-state index in [1.54, 1.807) is 19.1 Å². The molecule has 2 aromatic carbocycles. The van der Waals surface area contributed by atoms with Crippen molar-refractivity contribution in [3.63, 3.8) is 0 Å². The molecule has 1 N–H and O–H groups in total. The lowest BCUT2D eigenvalue weighted by atomic mass is 10.1. The van der Waals surface area contributed by atoms with Gasteiger partial charge in [-0.3, -0.25) is 4.79 Å². The summed E-state index contributed by atoms with van der Waals surface area (Å²) in [5, 5.41) is 2.88. The molecule has 3 aromatic rings. The Kier molecular flexibility index (Phi) is 4.97. The first kappa shape index (κ1) is 18.0. The summed E-state index contributed by atoms with van der Waals surface area (Å²) < 4.78 is 29.6. The van der Waals surface area contributed by atoms with Gasteiger partial charge in [0.15, 0.2) is 11.5 Å². The number of oxazole rings is 1. The molecule has 144 valence electrons. The Morgan fingerprint density at radius 3 is 2.89 bits per heavy atom. The maximum absolute atomic E-state index is 13.4. The first-order valence-corrected chi connectivity index (χ1v) is 8.96. The Balaban J connectivity index is 1.32. The molecule has 2 heterocycles. The largest absolute Gasteiger partial charge is 0.454 e. The third-order valence-electron chi connectivity index (χ3n) is 4.47. The average Bonchev–Trinajstić information content (AvgIpc) is 3.28. The Morgan fingerprint density at radius 2 is 2.04 bits per heavy atom. The van der Waals surface area contributed by atoms with Crippen LogP contribution in [0.25, 0.3) is 11.5 Å². The minimum Gasteiger partial charge on any atom is -0.454 e. The summed E-state index contributed by atoms with van der Waals surface area (Å²) in [6.45, 7) is 2.47. The molecular formula is C21H19FN2O4. The van der Waals surface area contributed by atoms with Gasteiger partial charge in [-0.15, -0.1) is 0 Å². The quantitative estimate of drug-likeness (QED) is 0.707. The summed E-state index contributed by atoms with van der Waals surface area (Å²) in [5.41, 5.74) is 2.13. The number of aromatic nitrogens is 1. The van der Waals surface area contributed by atoms with E-state index in [0.29, 0.717) is 35.9 Å². The van der Waals surface area contributed by atoms with Crippen LogP contribution in [0.15, 0.2) is 46.9 Å². The van der Waals surface area contributed by atoms with Gasteiger partial charge in [-0.05, 0) is 49.2 Å². The molecule has 0 fully saturated rings. The van der Waals surface area contributed by atoms with Gasteiger partial charge >= 0.3 is 0 Å². The average molecular weight is 382 g/mol. The van der Waals surface area contributed by atoms with Gasteiger partial charge in [-0.1, -0.05) is 12.1 Å². The topological polar surface area (TPSA) is 73.6 Å². The minimum absolute atomic E-state index is 0.103. The molecule has 0 atom stereocenters. The van der Waals surface area contributed by atoms with Crippen molar-refractivity contribution in [3.8, 4) is 23.0 Å². The van der Waals surface area contributed by atoms with Crippen molar-refractivity contribution in [2.45, 2.75) is 19.8 Å². The number of halogens is 1. The van der Waals surface area contributed by atoms with Gasteiger partial charge in [-0.2, -0.15) is 0 Å². The molecule has 0 saturated carbocycles. The highest BCUT2D eigenvalue weighted by Crippen LogP contribution is 2.32. The monoisotopic (exact) mass is 382 g/mol. The molecule has 7 heteroatoms. The number of aryl methyl sites for hydroxylation is 1. The summed E-state index contributed by atoms with van der Waals surface area (Å²) in [5.74, 6) is 1.81. The SMILES string of the molecule is Cc1oc(-c2cccc(F)c2)nc1CC(=O)NCCc1ccc2c(c1)OCO2. The number of rotatable bonds is 6. The zero-order valence-electron chi connectivity index (χ0n) is 15.3. The van der Waals surface area contributed by atoms with E-state index in [1.807, 2.05) is 18.2 Å². The van der Waals surface area contributed by atoms with Crippen LogP contribution < -0.4 is 14.8 Å². The summed E-state index contributed by atoms with van der Waals surface area (Å²) >= 11 is 0. The zero-order chi connectivity index (χ0) is 19.5. The Labute approximate surface area is 161 Å². The van der Waals surface area contributed by atoms with Gasteiger partial charge in [-0.25, -0.2) is 9.37 Å². The highest BCUT2D eigenvalue weighted by molar-refractivity contribution is 5.78. The molecule has 0 unspecified atom stereocenters. The molecule has 6 nitrogen and oxygen atoms in total. The van der Waals surface area contributed by atoms with Crippen molar-refractivity contribution in [2.75, 3.05) is 13.3 Å². The Hall–Kier alpha value is -3.35. The molecule has 4 rings (SSSR count). The first-order valence-electron chi connectivity index (χ1n) is 8.96. The van der Waals surface area contributed by atoms with Crippen molar-refractivity contribution >= 4 is 5.91 Å². The fourth-order valence-electron chi connectivity index (χ4n) is 2.99. The van der Waals surface area contributed by atoms with E-state index in [1.165, 1.54) is 12.1 Å². The second-order valence-corrected chi connectivity index (χ2v) is 6.50. The fourth-order valence-corrected chi connectivity index (χ4v) is 2.99. The van der Waals surface area contributed by atoms with Crippen molar-refractivity contribution in [1.82, 2.24) is 10.3 Å². The van der Waals surface area contributed by atoms with E-state index in [0.717, 1.165) is 17.1 Å². The van der Waals surface area contributed by atoms with Crippen molar-refractivity contribution < 1.29 is 23.1 Å². The molecule has 0 radical (unpaired) electrons. The van der Waals surface area contributed by atoms with E-state index < -0.39 is 0 Å². The number of carbonyl (C=O) groups excluding carboxylic acids is 1. The zero-order valence-corrected chi connectivity index (χ0v) is 15.3. The van der Waals surface area contributed by atoms with Crippen LogP contribution >= 0.6 is 0 Å². The second kappa shape index (κ2) is 7.72. The molecule has 1 aliphatic rings. The third kappa shape index (κ3) is 3.98. The molecular weight excluding hydrogens is 363 g/mol. The molecule has 28 heavy (non-hydrogen) atoms. The van der Waals surface area contributed by atoms with Crippen LogP contribution in [0.4, 0.5) is 4.39 Å². The van der Waals surface area contributed by atoms with Crippen LogP contribution in [-0.4, -0.2) is 24.2 Å². The number of carbonyl (C=O) groups is 1. The maximum Gasteiger partial charge on any atom is 0.231 e. The predicted molar refractivity (Wildman–Crippen MR) is 99.6 cm³/mol. The van der Waals surface area contributed by atoms with Gasteiger partial charge < -0.3 is 19.2 Å². The summed E-state index contributed by atoms with van der Waals surface area (Å²) in [6, 6.07) is 11.7. The van der Waals surface area contributed by atoms with E-state index in [9.17, 15) is 9.18 Å². The number of hydrogen-bond acceptors (Lipinski definition) is 5. The van der Waals surface area contributed by atoms with Crippen molar-refractivity contribution in [3.05, 3.63) is 65.3 Å². The lowest BCUT2D eigenvalue weighted by Crippen LogP contribution is -2.27. The highest BCUT2D eigenvalue weighted by Gasteiger charge is 2.16. The van der Waals surface area contributed by atoms with Gasteiger partial charge in [0.1, 0.15) is 11.6 Å². The lowest BCUT2D eigenvalue weighted by Gasteiger charge is -2.05. The van der Waals surface area contributed by atoms with Crippen LogP contribution in [0, 0.1) is 12.7 Å². The van der Waals surface area contributed by atoms with E-state index >= 15 is 0 Å². The number of nitrogens with one attached hydrogen (secondary N) is 1. The van der Waals surface area contributed by atoms with E-state index in [-0.39, 0.29) is 24.9 Å². The number of benzene rings is 2. The maximum atomic E-state index is 13.4. The molecule has 1 amide bonds. The van der Waals surface area contributed by atoms with Crippen molar-refractivity contribution in [1.29, 1.82) is 0 Å². The molecule has 0 saturated heterocycles. The molecule has 0 aliphatic carbocycles. The summed E-state index contributed by atoms with van der Waals surface area (Å²) in [6.07, 6.45) is 0.778. The van der Waals surface area contributed by atoms with E-state index in [4.69, 9.17) is 13.9 Å². The standard InChI is InChI=1S/C21H19FN2O4/c1-13-17(24-21(28-13)15-3-2-4-16(22)10-15)11-20(25)23-8-7-14-5-6-18-19(9-14)27-12-26-18/h2-6,9-10H,7-8,11-12H2,1H3,(H,23,25). The van der Waals surface area contributed by atoms with Crippen LogP contribution in [0.2, 0.25) is 0 Å². The van der Waals surface area contributed by atoms with Gasteiger partial charge in [0.2, 0.25) is 18.6 Å². The molecule has 0 bridgehead atoms. The van der Waals surface area contributed by atoms with E-state index in [2.05, 4.69) is 10.3 Å². The summed E-state index contributed by atoms with van der Waals surface area (Å²) in [7, 11) is 0. The van der Waals surface area contributed by atoms with Crippen LogP contribution in [0.5, 0.6) is 11.5 Å². The number of hydrogen-bond donors (Lipinski definition) is 1. The van der Waals surface area contributed by atoms with Crippen LogP contribution in [0.1, 0.15) is 17.0 Å². The minimum atomic E-state index is -0.365. The normalized spacial score (nSPS) is 12.2. The Bertz CT molecular complexity index is 1020. The fraction of sp³-hybridized carbons (Fsp3) is 0.238.